The van der Waals surface area contributed by atoms with Gasteiger partial charge in [0.25, 0.3) is 5.56 Å². The van der Waals surface area contributed by atoms with Gasteiger partial charge in [-0.2, -0.15) is 0 Å². The Kier molecular flexibility index (Phi) is 7.52. The van der Waals surface area contributed by atoms with Crippen molar-refractivity contribution in [1.29, 1.82) is 0 Å². The summed E-state index contributed by atoms with van der Waals surface area (Å²) in [5.41, 5.74) is 2.65. The number of aryl methyl sites for hydroxylation is 1. The molecule has 1 aliphatic rings. The zero-order valence-corrected chi connectivity index (χ0v) is 25.2. The molecule has 0 fully saturated rings. The second-order valence-electron chi connectivity index (χ2n) is 10.2. The van der Waals surface area contributed by atoms with Crippen molar-refractivity contribution in [1.82, 2.24) is 4.57 Å². The van der Waals surface area contributed by atoms with E-state index in [0.717, 1.165) is 16.3 Å². The van der Waals surface area contributed by atoms with E-state index in [0.29, 0.717) is 43.4 Å². The van der Waals surface area contributed by atoms with Gasteiger partial charge in [-0.3, -0.25) is 9.36 Å². The zero-order valence-electron chi connectivity index (χ0n) is 24.4. The molecule has 0 unspecified atom stereocenters. The van der Waals surface area contributed by atoms with E-state index in [9.17, 15) is 19.5 Å². The van der Waals surface area contributed by atoms with Crippen molar-refractivity contribution < 1.29 is 28.6 Å². The molecule has 0 aliphatic carbocycles. The monoisotopic (exact) mass is 608 g/mol. The Morgan fingerprint density at radius 1 is 1.09 bits per heavy atom. The molecule has 9 nitrogen and oxygen atoms in total. The lowest BCUT2D eigenvalue weighted by molar-refractivity contribution is -0.139. The molecule has 3 heterocycles. The zero-order chi connectivity index (χ0) is 31.1. The second kappa shape index (κ2) is 11.5. The minimum absolute atomic E-state index is 0.147. The predicted octanol–water partition coefficient (Wildman–Crippen LogP) is 5.23. The highest BCUT2D eigenvalue weighted by atomic mass is 32.1. The number of thiazole rings is 1. The highest BCUT2D eigenvalue weighted by Gasteiger charge is 2.36. The number of carboxylic acid groups (broad SMARTS) is 1. The summed E-state index contributed by atoms with van der Waals surface area (Å²) in [6, 6.07) is 18.9. The number of ether oxygens (including phenoxy) is 2. The van der Waals surface area contributed by atoms with Crippen LogP contribution >= 0.6 is 11.3 Å². The Balaban J connectivity index is 1.55. The minimum atomic E-state index is -1.03. The first-order chi connectivity index (χ1) is 21.2. The first-order valence-electron chi connectivity index (χ1n) is 13.9. The van der Waals surface area contributed by atoms with Crippen LogP contribution in [0, 0.1) is 6.92 Å². The average molecular weight is 609 g/mol. The molecule has 1 aliphatic heterocycles. The van der Waals surface area contributed by atoms with E-state index in [1.54, 1.807) is 57.4 Å². The quantitative estimate of drug-likeness (QED) is 0.251. The molecular formula is C34H28N2O7S. The van der Waals surface area contributed by atoms with Crippen LogP contribution in [-0.4, -0.2) is 35.3 Å². The van der Waals surface area contributed by atoms with Crippen LogP contribution < -0.4 is 19.6 Å². The van der Waals surface area contributed by atoms with Gasteiger partial charge in [-0.25, -0.2) is 14.6 Å². The summed E-state index contributed by atoms with van der Waals surface area (Å²) < 4.78 is 19.2. The number of fused-ring (bicyclic) bond motifs is 2. The van der Waals surface area contributed by atoms with E-state index >= 15 is 0 Å². The van der Waals surface area contributed by atoms with Gasteiger partial charge in [0, 0.05) is 17.2 Å². The maximum Gasteiger partial charge on any atom is 0.338 e. The molecule has 6 rings (SSSR count). The van der Waals surface area contributed by atoms with Gasteiger partial charge in [0.1, 0.15) is 23.3 Å². The summed E-state index contributed by atoms with van der Waals surface area (Å²) in [6.45, 7) is 5.50. The fourth-order valence-electron chi connectivity index (χ4n) is 5.53. The van der Waals surface area contributed by atoms with Crippen molar-refractivity contribution in [3.05, 3.63) is 120 Å². The van der Waals surface area contributed by atoms with Crippen LogP contribution in [0.1, 0.15) is 47.1 Å². The van der Waals surface area contributed by atoms with Crippen molar-refractivity contribution >= 4 is 40.1 Å². The van der Waals surface area contributed by atoms with Gasteiger partial charge in [-0.1, -0.05) is 47.7 Å². The molecule has 0 radical (unpaired) electrons. The standard InChI is InChI=1S/C34H28N2O7S/c1-5-42-33(40)28-19(3)35-34-36(30(28)29-23-9-7-6-8-20(23)12-14-26(29)41-4)31(37)27(44-34)17-22-13-15-25(43-22)24-16-21(32(38)39)11-10-18(24)2/h6-17,30H,5H2,1-4H3,(H,38,39)/b27-17-/t30-/m1/s1. The largest absolute Gasteiger partial charge is 0.496 e. The number of aromatic nitrogens is 1. The van der Waals surface area contributed by atoms with Crippen molar-refractivity contribution in [3.8, 4) is 17.1 Å². The van der Waals surface area contributed by atoms with Crippen LogP contribution in [0.2, 0.25) is 0 Å². The number of hydrogen-bond acceptors (Lipinski definition) is 8. The maximum atomic E-state index is 14.2. The lowest BCUT2D eigenvalue weighted by Gasteiger charge is -2.27. The third-order valence-electron chi connectivity index (χ3n) is 7.59. The van der Waals surface area contributed by atoms with Crippen LogP contribution in [0.15, 0.2) is 92.2 Å². The molecule has 5 aromatic rings. The summed E-state index contributed by atoms with van der Waals surface area (Å²) in [5, 5.41) is 11.2. The number of carboxylic acids is 1. The van der Waals surface area contributed by atoms with Crippen LogP contribution in [-0.2, 0) is 9.53 Å². The van der Waals surface area contributed by atoms with E-state index in [1.165, 1.54) is 15.9 Å². The highest BCUT2D eigenvalue weighted by molar-refractivity contribution is 7.07. The SMILES string of the molecule is CCOC(=O)C1=C(C)N=c2s/c(=C\c3ccc(-c4cc(C(=O)O)ccc4C)o3)c(=O)n2[C@H]1c1c(OC)ccc2ccccc12. The molecule has 0 spiro atoms. The van der Waals surface area contributed by atoms with E-state index in [-0.39, 0.29) is 23.3 Å². The van der Waals surface area contributed by atoms with Crippen LogP contribution in [0.25, 0.3) is 28.2 Å². The van der Waals surface area contributed by atoms with Gasteiger partial charge < -0.3 is 19.0 Å². The highest BCUT2D eigenvalue weighted by Crippen LogP contribution is 2.40. The van der Waals surface area contributed by atoms with Gasteiger partial charge in [0.2, 0.25) is 0 Å². The number of methoxy groups -OCH3 is 1. The van der Waals surface area contributed by atoms with E-state index in [4.69, 9.17) is 13.9 Å². The van der Waals surface area contributed by atoms with Crippen LogP contribution in [0.5, 0.6) is 5.75 Å². The third-order valence-corrected chi connectivity index (χ3v) is 8.57. The Morgan fingerprint density at radius 3 is 2.64 bits per heavy atom. The molecule has 0 amide bonds. The van der Waals surface area contributed by atoms with Crippen LogP contribution in [0.3, 0.4) is 0 Å². The van der Waals surface area contributed by atoms with E-state index in [2.05, 4.69) is 4.99 Å². The molecule has 1 N–H and O–H groups in total. The van der Waals surface area contributed by atoms with Crippen LogP contribution in [0.4, 0.5) is 0 Å². The Hall–Kier alpha value is -5.22. The van der Waals surface area contributed by atoms with E-state index in [1.807, 2.05) is 43.3 Å². The van der Waals surface area contributed by atoms with Gasteiger partial charge in [0.05, 0.1) is 35.1 Å². The molecule has 3 aromatic carbocycles. The third kappa shape index (κ3) is 4.92. The fourth-order valence-corrected chi connectivity index (χ4v) is 6.55. The smallest absolute Gasteiger partial charge is 0.338 e. The normalized spacial score (nSPS) is 14.8. The lowest BCUT2D eigenvalue weighted by Crippen LogP contribution is -2.40. The summed E-state index contributed by atoms with van der Waals surface area (Å²) >= 11 is 1.18. The molecule has 2 aromatic heterocycles. The molecular weight excluding hydrogens is 580 g/mol. The van der Waals surface area contributed by atoms with Gasteiger partial charge in [-0.15, -0.1) is 0 Å². The lowest BCUT2D eigenvalue weighted by atomic mass is 9.90. The Morgan fingerprint density at radius 2 is 1.89 bits per heavy atom. The number of allylic oxidation sites excluding steroid dienone is 1. The number of aromatic carboxylic acids is 1. The number of esters is 1. The Bertz CT molecular complexity index is 2180. The molecule has 0 saturated carbocycles. The first-order valence-corrected chi connectivity index (χ1v) is 14.7. The van der Waals surface area contributed by atoms with Crippen molar-refractivity contribution in [3.63, 3.8) is 0 Å². The van der Waals surface area contributed by atoms with Crippen molar-refractivity contribution in [2.45, 2.75) is 26.8 Å². The molecule has 222 valence electrons. The number of hydrogen-bond donors (Lipinski definition) is 1. The first kappa shape index (κ1) is 28.9. The number of carbonyl (C=O) groups is 2. The molecule has 44 heavy (non-hydrogen) atoms. The van der Waals surface area contributed by atoms with Crippen molar-refractivity contribution in [2.24, 2.45) is 4.99 Å². The maximum absolute atomic E-state index is 14.2. The van der Waals surface area contributed by atoms with Gasteiger partial charge in [0.15, 0.2) is 4.80 Å². The molecule has 1 atom stereocenters. The molecule has 10 heteroatoms. The fraction of sp³-hybridized carbons (Fsp3) is 0.176. The molecule has 0 saturated heterocycles. The van der Waals surface area contributed by atoms with Crippen molar-refractivity contribution in [2.75, 3.05) is 13.7 Å². The number of rotatable bonds is 7. The predicted molar refractivity (Wildman–Crippen MR) is 167 cm³/mol. The number of furan rings is 1. The molecule has 0 bridgehead atoms. The van der Waals surface area contributed by atoms with Gasteiger partial charge >= 0.3 is 11.9 Å². The summed E-state index contributed by atoms with van der Waals surface area (Å²) in [6.07, 6.45) is 1.63. The van der Waals surface area contributed by atoms with Gasteiger partial charge in [-0.05, 0) is 67.4 Å². The number of nitrogens with zero attached hydrogens (tertiary/aromatic N) is 2. The number of carbonyl (C=O) groups excluding carboxylic acids is 1. The average Bonchev–Trinajstić information content (AvgIpc) is 3.59. The summed E-state index contributed by atoms with van der Waals surface area (Å²) in [5.74, 6) is -0.185. The van der Waals surface area contributed by atoms with E-state index < -0.39 is 18.0 Å². The second-order valence-corrected chi connectivity index (χ2v) is 11.3. The minimum Gasteiger partial charge on any atom is -0.496 e. The topological polar surface area (TPSA) is 120 Å². The summed E-state index contributed by atoms with van der Waals surface area (Å²) in [7, 11) is 1.56. The summed E-state index contributed by atoms with van der Waals surface area (Å²) in [4.78, 5) is 44.2. The number of benzene rings is 3. The Labute approximate surface area is 255 Å².